The third-order valence-corrected chi connectivity index (χ3v) is 3.20. The van der Waals surface area contributed by atoms with E-state index in [1.807, 2.05) is 52.1 Å². The number of likely N-dealkylation sites (N-methyl/N-ethyl adjacent to an activating group) is 2. The van der Waals surface area contributed by atoms with Crippen molar-refractivity contribution in [2.45, 2.75) is 13.0 Å². The van der Waals surface area contributed by atoms with Gasteiger partial charge in [-0.1, -0.05) is 6.07 Å². The van der Waals surface area contributed by atoms with Crippen LogP contribution in [0.25, 0.3) is 0 Å². The Morgan fingerprint density at radius 2 is 1.89 bits per heavy atom. The zero-order valence-corrected chi connectivity index (χ0v) is 12.0. The zero-order chi connectivity index (χ0) is 13.7. The van der Waals surface area contributed by atoms with Gasteiger partial charge < -0.3 is 15.1 Å². The van der Waals surface area contributed by atoms with Crippen molar-refractivity contribution < 1.29 is 4.39 Å². The second-order valence-electron chi connectivity index (χ2n) is 4.95. The molecule has 0 saturated carbocycles. The number of nitrogens with zero attached hydrogens (tertiary/aromatic N) is 2. The summed E-state index contributed by atoms with van der Waals surface area (Å²) >= 11 is 0. The molecule has 0 amide bonds. The lowest BCUT2D eigenvalue weighted by Crippen LogP contribution is -2.29. The van der Waals surface area contributed by atoms with Gasteiger partial charge in [0.15, 0.2) is 0 Å². The molecular formula is C14H24FN3. The van der Waals surface area contributed by atoms with E-state index in [1.54, 1.807) is 6.07 Å². The lowest BCUT2D eigenvalue weighted by molar-refractivity contribution is 0.416. The van der Waals surface area contributed by atoms with Crippen molar-refractivity contribution in [1.82, 2.24) is 10.2 Å². The van der Waals surface area contributed by atoms with Gasteiger partial charge in [-0.05, 0) is 45.8 Å². The Morgan fingerprint density at radius 3 is 2.39 bits per heavy atom. The largest absolute Gasteiger partial charge is 0.371 e. The van der Waals surface area contributed by atoms with Gasteiger partial charge >= 0.3 is 0 Å². The second-order valence-corrected chi connectivity index (χ2v) is 4.95. The third kappa shape index (κ3) is 3.96. The van der Waals surface area contributed by atoms with Gasteiger partial charge in [-0.2, -0.15) is 0 Å². The van der Waals surface area contributed by atoms with Gasteiger partial charge in [-0.25, -0.2) is 4.39 Å². The molecule has 1 aromatic carbocycles. The summed E-state index contributed by atoms with van der Waals surface area (Å²) in [6, 6.07) is 5.61. The van der Waals surface area contributed by atoms with E-state index >= 15 is 0 Å². The lowest BCUT2D eigenvalue weighted by Gasteiger charge is -2.23. The van der Waals surface area contributed by atoms with E-state index < -0.39 is 0 Å². The van der Waals surface area contributed by atoms with Crippen LogP contribution in [0, 0.1) is 5.82 Å². The van der Waals surface area contributed by atoms with Crippen molar-refractivity contribution in [1.29, 1.82) is 0 Å². The predicted octanol–water partition coefficient (Wildman–Crippen LogP) is 2.10. The molecule has 0 bridgehead atoms. The van der Waals surface area contributed by atoms with Gasteiger partial charge in [0.1, 0.15) is 5.82 Å². The lowest BCUT2D eigenvalue weighted by atomic mass is 10.1. The monoisotopic (exact) mass is 253 g/mol. The van der Waals surface area contributed by atoms with Crippen molar-refractivity contribution in [3.8, 4) is 0 Å². The molecule has 0 aliphatic heterocycles. The number of anilines is 1. The fraction of sp³-hybridized carbons (Fsp3) is 0.571. The van der Waals surface area contributed by atoms with Gasteiger partial charge in [-0.3, -0.25) is 0 Å². The minimum atomic E-state index is -0.157. The molecule has 102 valence electrons. The Kier molecular flexibility index (Phi) is 5.56. The first-order chi connectivity index (χ1) is 8.45. The van der Waals surface area contributed by atoms with Gasteiger partial charge in [0, 0.05) is 26.2 Å². The van der Waals surface area contributed by atoms with Crippen LogP contribution < -0.4 is 10.2 Å². The number of hydrogen-bond acceptors (Lipinski definition) is 3. The van der Waals surface area contributed by atoms with Crippen molar-refractivity contribution in [3.63, 3.8) is 0 Å². The standard InChI is InChI=1S/C14H24FN3/c1-11(16-2)12-6-7-14(13(15)10-12)18(5)9-8-17(3)4/h6-7,10-11,16H,8-9H2,1-5H3. The number of hydrogen-bond donors (Lipinski definition) is 1. The Labute approximate surface area is 110 Å². The Hall–Kier alpha value is -1.13. The summed E-state index contributed by atoms with van der Waals surface area (Å²) in [5, 5.41) is 3.11. The maximum atomic E-state index is 14.0. The molecule has 18 heavy (non-hydrogen) atoms. The summed E-state index contributed by atoms with van der Waals surface area (Å²) in [5.74, 6) is -0.157. The number of nitrogens with one attached hydrogen (secondary N) is 1. The molecule has 1 rings (SSSR count). The Morgan fingerprint density at radius 1 is 1.22 bits per heavy atom. The van der Waals surface area contributed by atoms with E-state index in [4.69, 9.17) is 0 Å². The summed E-state index contributed by atoms with van der Waals surface area (Å²) in [7, 11) is 7.83. The highest BCUT2D eigenvalue weighted by atomic mass is 19.1. The fourth-order valence-corrected chi connectivity index (χ4v) is 1.74. The second kappa shape index (κ2) is 6.71. The summed E-state index contributed by atoms with van der Waals surface area (Å²) < 4.78 is 14.0. The first-order valence-electron chi connectivity index (χ1n) is 6.28. The van der Waals surface area contributed by atoms with Crippen molar-refractivity contribution in [2.24, 2.45) is 0 Å². The fourth-order valence-electron chi connectivity index (χ4n) is 1.74. The molecule has 1 N–H and O–H groups in total. The first-order valence-corrected chi connectivity index (χ1v) is 6.28. The van der Waals surface area contributed by atoms with Crippen LogP contribution in [0.4, 0.5) is 10.1 Å². The molecule has 3 nitrogen and oxygen atoms in total. The molecule has 0 spiro atoms. The van der Waals surface area contributed by atoms with Gasteiger partial charge in [0.2, 0.25) is 0 Å². The average molecular weight is 253 g/mol. The molecule has 1 atom stereocenters. The normalized spacial score (nSPS) is 12.8. The van der Waals surface area contributed by atoms with Gasteiger partial charge in [0.25, 0.3) is 0 Å². The molecule has 0 saturated heterocycles. The molecule has 1 aromatic rings. The number of benzene rings is 1. The van der Waals surface area contributed by atoms with Gasteiger partial charge in [-0.15, -0.1) is 0 Å². The van der Waals surface area contributed by atoms with Crippen molar-refractivity contribution in [3.05, 3.63) is 29.6 Å². The Bertz CT molecular complexity index is 379. The molecule has 0 aliphatic carbocycles. The number of halogens is 1. The molecule has 4 heteroatoms. The summed E-state index contributed by atoms with van der Waals surface area (Å²) in [5.41, 5.74) is 1.63. The SMILES string of the molecule is CNC(C)c1ccc(N(C)CCN(C)C)c(F)c1. The van der Waals surface area contributed by atoms with E-state index in [9.17, 15) is 4.39 Å². The van der Waals surface area contributed by atoms with Crippen LogP contribution in [-0.2, 0) is 0 Å². The highest BCUT2D eigenvalue weighted by Gasteiger charge is 2.10. The zero-order valence-electron chi connectivity index (χ0n) is 12.0. The third-order valence-electron chi connectivity index (χ3n) is 3.20. The predicted molar refractivity (Wildman–Crippen MR) is 75.7 cm³/mol. The van der Waals surface area contributed by atoms with E-state index in [-0.39, 0.29) is 11.9 Å². The summed E-state index contributed by atoms with van der Waals surface area (Å²) in [6.07, 6.45) is 0. The van der Waals surface area contributed by atoms with Crippen LogP contribution in [0.2, 0.25) is 0 Å². The molecule has 0 radical (unpaired) electrons. The van der Waals surface area contributed by atoms with Crippen LogP contribution >= 0.6 is 0 Å². The minimum Gasteiger partial charge on any atom is -0.371 e. The maximum Gasteiger partial charge on any atom is 0.146 e. The van der Waals surface area contributed by atoms with Crippen LogP contribution in [0.5, 0.6) is 0 Å². The topological polar surface area (TPSA) is 18.5 Å². The summed E-state index contributed by atoms with van der Waals surface area (Å²) in [6.45, 7) is 3.74. The van der Waals surface area contributed by atoms with Crippen LogP contribution in [0.3, 0.4) is 0 Å². The van der Waals surface area contributed by atoms with E-state index in [0.717, 1.165) is 18.7 Å². The van der Waals surface area contributed by atoms with Crippen molar-refractivity contribution >= 4 is 5.69 Å². The molecule has 1 unspecified atom stereocenters. The summed E-state index contributed by atoms with van der Waals surface area (Å²) in [4.78, 5) is 4.04. The first kappa shape index (κ1) is 14.9. The van der Waals surface area contributed by atoms with E-state index in [0.29, 0.717) is 5.69 Å². The smallest absolute Gasteiger partial charge is 0.146 e. The molecule has 0 aromatic heterocycles. The minimum absolute atomic E-state index is 0.157. The molecule has 0 fully saturated rings. The molecular weight excluding hydrogens is 229 g/mol. The van der Waals surface area contributed by atoms with Crippen LogP contribution in [0.15, 0.2) is 18.2 Å². The van der Waals surface area contributed by atoms with Crippen molar-refractivity contribution in [2.75, 3.05) is 46.2 Å². The van der Waals surface area contributed by atoms with Gasteiger partial charge in [0.05, 0.1) is 5.69 Å². The van der Waals surface area contributed by atoms with E-state index in [2.05, 4.69) is 10.2 Å². The highest BCUT2D eigenvalue weighted by Crippen LogP contribution is 2.22. The molecule has 0 aliphatic rings. The Balaban J connectivity index is 2.78. The maximum absolute atomic E-state index is 14.0. The molecule has 0 heterocycles. The number of rotatable bonds is 6. The quantitative estimate of drug-likeness (QED) is 0.837. The average Bonchev–Trinajstić information content (AvgIpc) is 2.34. The van der Waals surface area contributed by atoms with Crippen LogP contribution in [-0.4, -0.2) is 46.2 Å². The van der Waals surface area contributed by atoms with Crippen LogP contribution in [0.1, 0.15) is 18.5 Å². The highest BCUT2D eigenvalue weighted by molar-refractivity contribution is 5.48. The van der Waals surface area contributed by atoms with E-state index in [1.165, 1.54) is 0 Å².